The lowest BCUT2D eigenvalue weighted by molar-refractivity contribution is 0.304. The molecule has 1 nitrogen and oxygen atoms in total. The van der Waals surface area contributed by atoms with Gasteiger partial charge in [0.1, 0.15) is 12.4 Å². The monoisotopic (exact) mass is 296 g/mol. The van der Waals surface area contributed by atoms with Crippen molar-refractivity contribution in [2.75, 3.05) is 0 Å². The van der Waals surface area contributed by atoms with Gasteiger partial charge in [0.25, 0.3) is 0 Å². The van der Waals surface area contributed by atoms with Crippen LogP contribution in [0.3, 0.4) is 0 Å². The Morgan fingerprint density at radius 2 is 1.69 bits per heavy atom. The van der Waals surface area contributed by atoms with Crippen LogP contribution in [0.1, 0.15) is 5.56 Å². The van der Waals surface area contributed by atoms with Crippen molar-refractivity contribution in [2.24, 2.45) is 0 Å². The lowest BCUT2D eigenvalue weighted by atomic mass is 10.2. The molecule has 0 bridgehead atoms. The molecular weight excluding hydrogens is 287 g/mol. The summed E-state index contributed by atoms with van der Waals surface area (Å²) in [4.78, 5) is 0. The second-order valence-corrected chi connectivity index (χ2v) is 4.64. The van der Waals surface area contributed by atoms with Crippen LogP contribution in [0.5, 0.6) is 5.75 Å². The lowest BCUT2D eigenvalue weighted by Gasteiger charge is -2.07. The van der Waals surface area contributed by atoms with Crippen LogP contribution in [-0.2, 0) is 6.61 Å². The van der Waals surface area contributed by atoms with Crippen molar-refractivity contribution < 1.29 is 4.74 Å². The minimum absolute atomic E-state index is 0.541. The third-order valence-corrected chi connectivity index (χ3v) is 3.05. The number of para-hydroxylation sites is 1. The molecular formula is C13H10BrClO. The van der Waals surface area contributed by atoms with E-state index in [-0.39, 0.29) is 0 Å². The van der Waals surface area contributed by atoms with Crippen molar-refractivity contribution in [3.8, 4) is 5.75 Å². The zero-order valence-corrected chi connectivity index (χ0v) is 10.8. The Balaban J connectivity index is 2.02. The Labute approximate surface area is 108 Å². The molecule has 0 spiro atoms. The summed E-state index contributed by atoms with van der Waals surface area (Å²) in [5.41, 5.74) is 1.10. The largest absolute Gasteiger partial charge is 0.488 e. The number of rotatable bonds is 3. The molecule has 16 heavy (non-hydrogen) atoms. The van der Waals surface area contributed by atoms with Gasteiger partial charge in [-0.2, -0.15) is 0 Å². The van der Waals surface area contributed by atoms with Gasteiger partial charge < -0.3 is 4.74 Å². The molecule has 0 amide bonds. The first-order chi connectivity index (χ1) is 7.75. The van der Waals surface area contributed by atoms with E-state index in [4.69, 9.17) is 16.3 Å². The Bertz CT molecular complexity index is 468. The molecule has 2 aromatic rings. The summed E-state index contributed by atoms with van der Waals surface area (Å²) in [7, 11) is 0. The second kappa shape index (κ2) is 5.37. The molecule has 0 atom stereocenters. The van der Waals surface area contributed by atoms with Crippen molar-refractivity contribution in [1.29, 1.82) is 0 Å². The van der Waals surface area contributed by atoms with E-state index in [9.17, 15) is 0 Å². The van der Waals surface area contributed by atoms with Gasteiger partial charge in [-0.1, -0.05) is 35.9 Å². The number of hydrogen-bond acceptors (Lipinski definition) is 1. The average Bonchev–Trinajstić information content (AvgIpc) is 2.30. The van der Waals surface area contributed by atoms with Gasteiger partial charge >= 0.3 is 0 Å². The van der Waals surface area contributed by atoms with Crippen LogP contribution in [0.15, 0.2) is 53.0 Å². The van der Waals surface area contributed by atoms with Gasteiger partial charge in [-0.3, -0.25) is 0 Å². The van der Waals surface area contributed by atoms with Gasteiger partial charge in [-0.05, 0) is 45.8 Å². The van der Waals surface area contributed by atoms with Gasteiger partial charge in [0.05, 0.1) is 4.47 Å². The normalized spacial score (nSPS) is 10.1. The SMILES string of the molecule is Clc1ccc(COc2ccccc2Br)cc1. The van der Waals surface area contributed by atoms with E-state index in [0.717, 1.165) is 20.8 Å². The number of hydrogen-bond donors (Lipinski definition) is 0. The average molecular weight is 298 g/mol. The first-order valence-electron chi connectivity index (χ1n) is 4.87. The fraction of sp³-hybridized carbons (Fsp3) is 0.0769. The first kappa shape index (κ1) is 11.5. The molecule has 0 fully saturated rings. The lowest BCUT2D eigenvalue weighted by Crippen LogP contribution is -1.95. The zero-order chi connectivity index (χ0) is 11.4. The van der Waals surface area contributed by atoms with Gasteiger partial charge in [0, 0.05) is 5.02 Å². The van der Waals surface area contributed by atoms with Crippen molar-refractivity contribution in [3.63, 3.8) is 0 Å². The first-order valence-corrected chi connectivity index (χ1v) is 6.04. The fourth-order valence-corrected chi connectivity index (χ4v) is 1.83. The van der Waals surface area contributed by atoms with E-state index in [0.29, 0.717) is 6.61 Å². The molecule has 0 aliphatic rings. The van der Waals surface area contributed by atoms with Crippen LogP contribution >= 0.6 is 27.5 Å². The number of halogens is 2. The molecule has 0 aliphatic heterocycles. The van der Waals surface area contributed by atoms with Crippen LogP contribution in [0, 0.1) is 0 Å². The van der Waals surface area contributed by atoms with E-state index in [2.05, 4.69) is 15.9 Å². The molecule has 0 radical (unpaired) electrons. The second-order valence-electron chi connectivity index (χ2n) is 3.35. The standard InChI is InChI=1S/C13H10BrClO/c14-12-3-1-2-4-13(12)16-9-10-5-7-11(15)8-6-10/h1-8H,9H2. The summed E-state index contributed by atoms with van der Waals surface area (Å²) in [5, 5.41) is 0.740. The quantitative estimate of drug-likeness (QED) is 0.799. The van der Waals surface area contributed by atoms with E-state index in [1.807, 2.05) is 48.5 Å². The minimum atomic E-state index is 0.541. The highest BCUT2D eigenvalue weighted by molar-refractivity contribution is 9.10. The summed E-state index contributed by atoms with van der Waals surface area (Å²) in [6.07, 6.45) is 0. The summed E-state index contributed by atoms with van der Waals surface area (Å²) < 4.78 is 6.63. The Kier molecular flexibility index (Phi) is 3.86. The highest BCUT2D eigenvalue weighted by Crippen LogP contribution is 2.24. The topological polar surface area (TPSA) is 9.23 Å². The number of ether oxygens (including phenoxy) is 1. The molecule has 0 saturated carbocycles. The van der Waals surface area contributed by atoms with E-state index in [1.54, 1.807) is 0 Å². The Morgan fingerprint density at radius 1 is 1.00 bits per heavy atom. The molecule has 0 unspecified atom stereocenters. The van der Waals surface area contributed by atoms with Crippen LogP contribution in [0.4, 0.5) is 0 Å². The van der Waals surface area contributed by atoms with Gasteiger partial charge in [0.15, 0.2) is 0 Å². The van der Waals surface area contributed by atoms with E-state index < -0.39 is 0 Å². The van der Waals surface area contributed by atoms with Crippen molar-refractivity contribution in [1.82, 2.24) is 0 Å². The molecule has 0 saturated heterocycles. The highest BCUT2D eigenvalue weighted by Gasteiger charge is 1.99. The summed E-state index contributed by atoms with van der Waals surface area (Å²) in [6, 6.07) is 15.4. The molecule has 3 heteroatoms. The van der Waals surface area contributed by atoms with Crippen LogP contribution in [0.25, 0.3) is 0 Å². The zero-order valence-electron chi connectivity index (χ0n) is 8.49. The Hall–Kier alpha value is -0.990. The van der Waals surface area contributed by atoms with Crippen molar-refractivity contribution >= 4 is 27.5 Å². The minimum Gasteiger partial charge on any atom is -0.488 e. The maximum absolute atomic E-state index is 5.81. The van der Waals surface area contributed by atoms with E-state index in [1.165, 1.54) is 0 Å². The van der Waals surface area contributed by atoms with Crippen molar-refractivity contribution in [2.45, 2.75) is 6.61 Å². The third-order valence-electron chi connectivity index (χ3n) is 2.14. The van der Waals surface area contributed by atoms with E-state index >= 15 is 0 Å². The fourth-order valence-electron chi connectivity index (χ4n) is 1.30. The molecule has 2 rings (SSSR count). The van der Waals surface area contributed by atoms with Crippen LogP contribution in [-0.4, -0.2) is 0 Å². The van der Waals surface area contributed by atoms with Gasteiger partial charge in [-0.15, -0.1) is 0 Å². The number of benzene rings is 2. The molecule has 2 aromatic carbocycles. The van der Waals surface area contributed by atoms with Crippen LogP contribution < -0.4 is 4.74 Å². The maximum atomic E-state index is 5.81. The molecule has 0 heterocycles. The van der Waals surface area contributed by atoms with Crippen molar-refractivity contribution in [3.05, 3.63) is 63.6 Å². The van der Waals surface area contributed by atoms with Crippen LogP contribution in [0.2, 0.25) is 5.02 Å². The summed E-state index contributed by atoms with van der Waals surface area (Å²) >= 11 is 9.24. The smallest absolute Gasteiger partial charge is 0.133 e. The predicted octanol–water partition coefficient (Wildman–Crippen LogP) is 4.68. The Morgan fingerprint density at radius 3 is 2.38 bits per heavy atom. The molecule has 0 aromatic heterocycles. The molecule has 0 N–H and O–H groups in total. The highest BCUT2D eigenvalue weighted by atomic mass is 79.9. The maximum Gasteiger partial charge on any atom is 0.133 e. The van der Waals surface area contributed by atoms with Gasteiger partial charge in [0.2, 0.25) is 0 Å². The predicted molar refractivity (Wildman–Crippen MR) is 69.9 cm³/mol. The molecule has 82 valence electrons. The van der Waals surface area contributed by atoms with Gasteiger partial charge in [-0.25, -0.2) is 0 Å². The third kappa shape index (κ3) is 3.00. The summed E-state index contributed by atoms with van der Waals surface area (Å²) in [6.45, 7) is 0.541. The molecule has 0 aliphatic carbocycles. The summed E-state index contributed by atoms with van der Waals surface area (Å²) in [5.74, 6) is 0.845.